The number of nitrogens with zero attached hydrogens (tertiary/aromatic N) is 1. The molecule has 0 radical (unpaired) electrons. The number of rotatable bonds is 4. The van der Waals surface area contributed by atoms with Crippen LogP contribution < -0.4 is 5.73 Å². The van der Waals surface area contributed by atoms with Crippen molar-refractivity contribution in [3.63, 3.8) is 0 Å². The summed E-state index contributed by atoms with van der Waals surface area (Å²) in [5.41, 5.74) is 7.09. The van der Waals surface area contributed by atoms with Gasteiger partial charge in [-0.15, -0.1) is 0 Å². The third kappa shape index (κ3) is 3.28. The minimum atomic E-state index is 0.249. The summed E-state index contributed by atoms with van der Waals surface area (Å²) in [4.78, 5) is 3.94. The molecule has 0 amide bonds. The molecule has 1 aromatic heterocycles. The summed E-state index contributed by atoms with van der Waals surface area (Å²) in [6.45, 7) is 4.28. The van der Waals surface area contributed by atoms with Crippen LogP contribution >= 0.6 is 11.6 Å². The predicted molar refractivity (Wildman–Crippen MR) is 60.4 cm³/mol. The second kappa shape index (κ2) is 5.32. The standard InChI is InChI=1S/C11H17ClN2/c1-8(2)11(13)4-3-9-5-6-14-7-10(9)12/h5-8,11H,3-4,13H2,1-2H3. The fourth-order valence-corrected chi connectivity index (χ4v) is 1.48. The van der Waals surface area contributed by atoms with Gasteiger partial charge in [0, 0.05) is 18.4 Å². The Balaban J connectivity index is 2.50. The van der Waals surface area contributed by atoms with Gasteiger partial charge in [0.15, 0.2) is 0 Å². The molecule has 0 aliphatic rings. The van der Waals surface area contributed by atoms with Crippen LogP contribution in [0.2, 0.25) is 5.02 Å². The Morgan fingerprint density at radius 2 is 2.21 bits per heavy atom. The van der Waals surface area contributed by atoms with E-state index in [1.807, 2.05) is 6.07 Å². The van der Waals surface area contributed by atoms with E-state index in [1.165, 1.54) is 0 Å². The molecular weight excluding hydrogens is 196 g/mol. The second-order valence-corrected chi connectivity index (χ2v) is 4.32. The quantitative estimate of drug-likeness (QED) is 0.834. The van der Waals surface area contributed by atoms with Gasteiger partial charge in [-0.3, -0.25) is 4.98 Å². The maximum atomic E-state index is 5.98. The van der Waals surface area contributed by atoms with Crippen molar-refractivity contribution in [1.82, 2.24) is 4.98 Å². The monoisotopic (exact) mass is 212 g/mol. The van der Waals surface area contributed by atoms with Gasteiger partial charge < -0.3 is 5.73 Å². The van der Waals surface area contributed by atoms with E-state index in [0.29, 0.717) is 5.92 Å². The molecule has 3 heteroatoms. The lowest BCUT2D eigenvalue weighted by atomic mass is 9.98. The van der Waals surface area contributed by atoms with Crippen LogP contribution in [0.25, 0.3) is 0 Å². The van der Waals surface area contributed by atoms with Crippen LogP contribution in [0.3, 0.4) is 0 Å². The van der Waals surface area contributed by atoms with Crippen LogP contribution in [0, 0.1) is 5.92 Å². The molecule has 0 bridgehead atoms. The molecule has 1 heterocycles. The van der Waals surface area contributed by atoms with Gasteiger partial charge in [0.05, 0.1) is 5.02 Å². The molecule has 0 saturated heterocycles. The number of pyridine rings is 1. The molecule has 2 nitrogen and oxygen atoms in total. The molecule has 2 N–H and O–H groups in total. The predicted octanol–water partition coefficient (Wildman–Crippen LogP) is 2.65. The van der Waals surface area contributed by atoms with Crippen molar-refractivity contribution in [3.05, 3.63) is 29.0 Å². The highest BCUT2D eigenvalue weighted by atomic mass is 35.5. The number of aromatic nitrogens is 1. The Labute approximate surface area is 90.5 Å². The first kappa shape index (κ1) is 11.5. The largest absolute Gasteiger partial charge is 0.327 e. The van der Waals surface area contributed by atoms with Gasteiger partial charge >= 0.3 is 0 Å². The van der Waals surface area contributed by atoms with Gasteiger partial charge in [-0.2, -0.15) is 0 Å². The van der Waals surface area contributed by atoms with Gasteiger partial charge in [0.25, 0.3) is 0 Å². The number of nitrogens with two attached hydrogens (primary N) is 1. The van der Waals surface area contributed by atoms with Crippen molar-refractivity contribution >= 4 is 11.6 Å². The summed E-state index contributed by atoms with van der Waals surface area (Å²) in [6, 6.07) is 2.20. The normalized spacial score (nSPS) is 13.2. The van der Waals surface area contributed by atoms with E-state index in [0.717, 1.165) is 23.4 Å². The van der Waals surface area contributed by atoms with Crippen LogP contribution in [0.15, 0.2) is 18.5 Å². The molecule has 0 saturated carbocycles. The molecule has 0 aliphatic heterocycles. The molecule has 0 aliphatic carbocycles. The Hall–Kier alpha value is -0.600. The van der Waals surface area contributed by atoms with E-state index >= 15 is 0 Å². The molecule has 1 aromatic rings. The zero-order chi connectivity index (χ0) is 10.6. The second-order valence-electron chi connectivity index (χ2n) is 3.91. The van der Waals surface area contributed by atoms with E-state index in [4.69, 9.17) is 17.3 Å². The van der Waals surface area contributed by atoms with Gasteiger partial charge in [-0.05, 0) is 30.4 Å². The SMILES string of the molecule is CC(C)C(N)CCc1ccncc1Cl. The van der Waals surface area contributed by atoms with Crippen molar-refractivity contribution in [1.29, 1.82) is 0 Å². The maximum Gasteiger partial charge on any atom is 0.0621 e. The molecule has 0 aromatic carbocycles. The molecule has 78 valence electrons. The lowest BCUT2D eigenvalue weighted by Crippen LogP contribution is -2.26. The zero-order valence-corrected chi connectivity index (χ0v) is 9.46. The topological polar surface area (TPSA) is 38.9 Å². The maximum absolute atomic E-state index is 5.98. The van der Waals surface area contributed by atoms with Gasteiger partial charge in [-0.1, -0.05) is 25.4 Å². The van der Waals surface area contributed by atoms with Gasteiger partial charge in [0.2, 0.25) is 0 Å². The Morgan fingerprint density at radius 3 is 2.79 bits per heavy atom. The molecule has 0 spiro atoms. The number of hydrogen-bond donors (Lipinski definition) is 1. The third-order valence-electron chi connectivity index (χ3n) is 2.46. The molecule has 0 fully saturated rings. The van der Waals surface area contributed by atoms with E-state index in [1.54, 1.807) is 12.4 Å². The zero-order valence-electron chi connectivity index (χ0n) is 8.70. The van der Waals surface area contributed by atoms with Crippen LogP contribution in [0.5, 0.6) is 0 Å². The van der Waals surface area contributed by atoms with E-state index in [9.17, 15) is 0 Å². The van der Waals surface area contributed by atoms with Gasteiger partial charge in [-0.25, -0.2) is 0 Å². The number of halogens is 1. The van der Waals surface area contributed by atoms with E-state index in [2.05, 4.69) is 18.8 Å². The van der Waals surface area contributed by atoms with E-state index < -0.39 is 0 Å². The first-order valence-electron chi connectivity index (χ1n) is 4.95. The molecule has 1 rings (SSSR count). The first-order valence-corrected chi connectivity index (χ1v) is 5.33. The highest BCUT2D eigenvalue weighted by molar-refractivity contribution is 6.31. The summed E-state index contributed by atoms with van der Waals surface area (Å²) in [6.07, 6.45) is 5.35. The summed E-state index contributed by atoms with van der Waals surface area (Å²) >= 11 is 5.98. The summed E-state index contributed by atoms with van der Waals surface area (Å²) in [5, 5.41) is 0.739. The molecule has 1 unspecified atom stereocenters. The van der Waals surface area contributed by atoms with Crippen LogP contribution in [0.4, 0.5) is 0 Å². The Bertz CT molecular complexity index is 286. The molecular formula is C11H17ClN2. The lowest BCUT2D eigenvalue weighted by molar-refractivity contribution is 0.464. The van der Waals surface area contributed by atoms with Crippen LogP contribution in [-0.2, 0) is 6.42 Å². The summed E-state index contributed by atoms with van der Waals surface area (Å²) in [5.74, 6) is 0.524. The fraction of sp³-hybridized carbons (Fsp3) is 0.545. The molecule has 1 atom stereocenters. The summed E-state index contributed by atoms with van der Waals surface area (Å²) < 4.78 is 0. The summed E-state index contributed by atoms with van der Waals surface area (Å²) in [7, 11) is 0. The minimum Gasteiger partial charge on any atom is -0.327 e. The minimum absolute atomic E-state index is 0.249. The fourth-order valence-electron chi connectivity index (χ4n) is 1.26. The van der Waals surface area contributed by atoms with Crippen molar-refractivity contribution in [2.45, 2.75) is 32.7 Å². The smallest absolute Gasteiger partial charge is 0.0621 e. The number of hydrogen-bond acceptors (Lipinski definition) is 2. The average molecular weight is 213 g/mol. The van der Waals surface area contributed by atoms with E-state index in [-0.39, 0.29) is 6.04 Å². The van der Waals surface area contributed by atoms with Crippen LogP contribution in [-0.4, -0.2) is 11.0 Å². The van der Waals surface area contributed by atoms with Crippen molar-refractivity contribution < 1.29 is 0 Å². The van der Waals surface area contributed by atoms with Crippen molar-refractivity contribution in [2.75, 3.05) is 0 Å². The Kier molecular flexibility index (Phi) is 4.36. The average Bonchev–Trinajstić information content (AvgIpc) is 2.16. The molecule has 14 heavy (non-hydrogen) atoms. The third-order valence-corrected chi connectivity index (χ3v) is 2.80. The Morgan fingerprint density at radius 1 is 1.50 bits per heavy atom. The van der Waals surface area contributed by atoms with Crippen molar-refractivity contribution in [3.8, 4) is 0 Å². The highest BCUT2D eigenvalue weighted by Gasteiger charge is 2.08. The number of aryl methyl sites for hydroxylation is 1. The highest BCUT2D eigenvalue weighted by Crippen LogP contribution is 2.16. The lowest BCUT2D eigenvalue weighted by Gasteiger charge is -2.15. The van der Waals surface area contributed by atoms with Crippen LogP contribution in [0.1, 0.15) is 25.8 Å². The van der Waals surface area contributed by atoms with Crippen molar-refractivity contribution in [2.24, 2.45) is 11.7 Å². The van der Waals surface area contributed by atoms with Gasteiger partial charge in [0.1, 0.15) is 0 Å². The first-order chi connectivity index (χ1) is 6.61.